The molecule has 0 aromatic heterocycles. The van der Waals surface area contributed by atoms with Crippen LogP contribution in [0.25, 0.3) is 43.8 Å². The van der Waals surface area contributed by atoms with E-state index < -0.39 is 0 Å². The zero-order chi connectivity index (χ0) is 23.3. The summed E-state index contributed by atoms with van der Waals surface area (Å²) in [5.41, 5.74) is 3.87. The first kappa shape index (κ1) is 29.4. The Labute approximate surface area is 234 Å². The molecule has 0 saturated carbocycles. The van der Waals surface area contributed by atoms with Crippen molar-refractivity contribution in [2.24, 2.45) is 0 Å². The molecule has 2 N–H and O–H groups in total. The molecule has 2 nitrogen and oxygen atoms in total. The standard InChI is InChI=1S/C20H14O.C12H10O.2CH3.Ti/c21-20-18-13-7-5-11-16(18)15-10-4-6-12-17(15)19(20)14-8-2-1-3-9-14;13-12-9-5-4-8-11(12)10-6-2-1-3-7-10;;;/h1-13,21H;1-9,13H;2*1H3;/q;;2*-1;+2. The van der Waals surface area contributed by atoms with Crippen LogP contribution in [-0.2, 0) is 21.7 Å². The Kier molecular flexibility index (Phi) is 10.7. The molecule has 0 atom stereocenters. The van der Waals surface area contributed by atoms with Gasteiger partial charge in [0, 0.05) is 16.5 Å². The maximum atomic E-state index is 10.8. The zero-order valence-electron chi connectivity index (χ0n) is 21.1. The molecule has 0 heterocycles. The molecule has 0 aliphatic rings. The van der Waals surface area contributed by atoms with Gasteiger partial charge in [-0.1, -0.05) is 127 Å². The Morgan fingerprint density at radius 3 is 1.35 bits per heavy atom. The van der Waals surface area contributed by atoms with Crippen molar-refractivity contribution in [1.29, 1.82) is 0 Å². The first-order valence-electron chi connectivity index (χ1n) is 11.3. The second kappa shape index (κ2) is 13.5. The van der Waals surface area contributed by atoms with Crippen LogP contribution in [0.1, 0.15) is 0 Å². The Balaban J connectivity index is 0.000000264. The molecular formula is C34H30O2Ti. The quantitative estimate of drug-likeness (QED) is 0.136. The Bertz CT molecular complexity index is 1560. The van der Waals surface area contributed by atoms with Crippen LogP contribution in [0.2, 0.25) is 0 Å². The minimum atomic E-state index is 0. The van der Waals surface area contributed by atoms with Gasteiger partial charge in [-0.05, 0) is 33.4 Å². The maximum Gasteiger partial charge on any atom is 2.00 e. The van der Waals surface area contributed by atoms with E-state index >= 15 is 0 Å². The van der Waals surface area contributed by atoms with E-state index in [2.05, 4.69) is 18.2 Å². The van der Waals surface area contributed by atoms with E-state index in [1.165, 1.54) is 5.39 Å². The fourth-order valence-electron chi connectivity index (χ4n) is 4.36. The summed E-state index contributed by atoms with van der Waals surface area (Å²) in [6.07, 6.45) is 0. The largest absolute Gasteiger partial charge is 2.00 e. The van der Waals surface area contributed by atoms with Gasteiger partial charge in [0.05, 0.1) is 0 Å². The van der Waals surface area contributed by atoms with E-state index in [1.54, 1.807) is 6.07 Å². The molecule has 0 amide bonds. The third-order valence-corrected chi connectivity index (χ3v) is 5.96. The van der Waals surface area contributed by atoms with Crippen molar-refractivity contribution in [3.8, 4) is 33.8 Å². The third-order valence-electron chi connectivity index (χ3n) is 5.96. The molecule has 0 fully saturated rings. The van der Waals surface area contributed by atoms with Crippen LogP contribution < -0.4 is 0 Å². The number of phenols is 2. The summed E-state index contributed by atoms with van der Waals surface area (Å²) >= 11 is 0. The van der Waals surface area contributed by atoms with Crippen LogP contribution in [0.15, 0.2) is 133 Å². The van der Waals surface area contributed by atoms with Crippen molar-refractivity contribution in [2.45, 2.75) is 0 Å². The van der Waals surface area contributed by atoms with Crippen molar-refractivity contribution >= 4 is 21.5 Å². The van der Waals surface area contributed by atoms with Gasteiger partial charge in [0.15, 0.2) is 0 Å². The van der Waals surface area contributed by atoms with Gasteiger partial charge in [0.25, 0.3) is 0 Å². The number of fused-ring (bicyclic) bond motifs is 3. The minimum absolute atomic E-state index is 0. The summed E-state index contributed by atoms with van der Waals surface area (Å²) in [5.74, 6) is 0.684. The first-order chi connectivity index (χ1) is 16.7. The van der Waals surface area contributed by atoms with Crippen molar-refractivity contribution in [1.82, 2.24) is 0 Å². The summed E-state index contributed by atoms with van der Waals surface area (Å²) in [6.45, 7) is 0. The van der Waals surface area contributed by atoms with E-state index in [9.17, 15) is 10.2 Å². The zero-order valence-corrected chi connectivity index (χ0v) is 22.7. The Hall–Kier alpha value is -3.85. The number of aromatic hydroxyl groups is 2. The van der Waals surface area contributed by atoms with Crippen LogP contribution in [0.3, 0.4) is 0 Å². The van der Waals surface area contributed by atoms with Crippen LogP contribution in [0, 0.1) is 14.9 Å². The molecule has 0 bridgehead atoms. The van der Waals surface area contributed by atoms with Gasteiger partial charge < -0.3 is 25.1 Å². The van der Waals surface area contributed by atoms with Gasteiger partial charge in [-0.15, -0.1) is 0 Å². The Morgan fingerprint density at radius 2 is 0.784 bits per heavy atom. The molecule has 0 unspecified atom stereocenters. The van der Waals surface area contributed by atoms with Crippen LogP contribution in [0.5, 0.6) is 11.5 Å². The molecule has 6 aromatic carbocycles. The third kappa shape index (κ3) is 6.11. The van der Waals surface area contributed by atoms with Crippen molar-refractivity contribution in [3.05, 3.63) is 148 Å². The molecule has 0 saturated heterocycles. The number of rotatable bonds is 2. The van der Waals surface area contributed by atoms with Crippen LogP contribution in [-0.4, -0.2) is 10.2 Å². The maximum absolute atomic E-state index is 10.8. The average molecular weight is 518 g/mol. The predicted octanol–water partition coefficient (Wildman–Crippen LogP) is 9.32. The molecule has 0 aliphatic carbocycles. The smallest absolute Gasteiger partial charge is 0.507 e. The second-order valence-corrected chi connectivity index (χ2v) is 8.06. The summed E-state index contributed by atoms with van der Waals surface area (Å²) < 4.78 is 0. The molecule has 6 aromatic rings. The van der Waals surface area contributed by atoms with E-state index in [-0.39, 0.29) is 36.6 Å². The van der Waals surface area contributed by atoms with E-state index in [1.807, 2.05) is 109 Å². The minimum Gasteiger partial charge on any atom is -0.507 e. The Morgan fingerprint density at radius 1 is 0.378 bits per heavy atom. The molecule has 182 valence electrons. The van der Waals surface area contributed by atoms with Crippen LogP contribution >= 0.6 is 0 Å². The molecule has 3 heteroatoms. The molecule has 6 rings (SSSR count). The summed E-state index contributed by atoms with van der Waals surface area (Å²) in [6, 6.07) is 43.5. The van der Waals surface area contributed by atoms with Gasteiger partial charge in [-0.25, -0.2) is 0 Å². The topological polar surface area (TPSA) is 40.5 Å². The molecular weight excluding hydrogens is 488 g/mol. The summed E-state index contributed by atoms with van der Waals surface area (Å²) in [5, 5.41) is 24.6. The molecule has 0 spiro atoms. The summed E-state index contributed by atoms with van der Waals surface area (Å²) in [4.78, 5) is 0. The fourth-order valence-corrected chi connectivity index (χ4v) is 4.36. The normalized spacial score (nSPS) is 9.73. The average Bonchev–Trinajstić information content (AvgIpc) is 2.91. The van der Waals surface area contributed by atoms with Crippen LogP contribution in [0.4, 0.5) is 0 Å². The molecule has 37 heavy (non-hydrogen) atoms. The van der Waals surface area contributed by atoms with Crippen molar-refractivity contribution in [2.75, 3.05) is 0 Å². The van der Waals surface area contributed by atoms with E-state index in [4.69, 9.17) is 0 Å². The summed E-state index contributed by atoms with van der Waals surface area (Å²) in [7, 11) is 0. The van der Waals surface area contributed by atoms with Gasteiger partial charge in [-0.3, -0.25) is 0 Å². The number of hydrogen-bond donors (Lipinski definition) is 2. The van der Waals surface area contributed by atoms with Crippen molar-refractivity contribution in [3.63, 3.8) is 0 Å². The second-order valence-electron chi connectivity index (χ2n) is 8.06. The van der Waals surface area contributed by atoms with Gasteiger partial charge in [-0.2, -0.15) is 0 Å². The van der Waals surface area contributed by atoms with Crippen molar-refractivity contribution < 1.29 is 31.9 Å². The van der Waals surface area contributed by atoms with Gasteiger partial charge >= 0.3 is 21.7 Å². The van der Waals surface area contributed by atoms with Gasteiger partial charge in [0.1, 0.15) is 11.5 Å². The van der Waals surface area contributed by atoms with E-state index in [0.717, 1.165) is 38.4 Å². The first-order valence-corrected chi connectivity index (χ1v) is 11.3. The predicted molar refractivity (Wildman–Crippen MR) is 155 cm³/mol. The number of benzene rings is 6. The number of para-hydroxylation sites is 1. The number of phenolic OH excluding ortho intramolecular Hbond substituents is 2. The number of hydrogen-bond acceptors (Lipinski definition) is 2. The molecule has 0 radical (unpaired) electrons. The SMILES string of the molecule is Oc1c(-c2ccccc2)c2ccccc2c2ccccc12.Oc1ccccc1-c1ccccc1.[CH3-].[CH3-].[Ti+2]. The fraction of sp³-hybridized carbons (Fsp3) is 0. The van der Waals surface area contributed by atoms with Gasteiger partial charge in [0.2, 0.25) is 0 Å². The monoisotopic (exact) mass is 518 g/mol. The molecule has 0 aliphatic heterocycles. The van der Waals surface area contributed by atoms with E-state index in [0.29, 0.717) is 11.5 Å².